The molecule has 0 N–H and O–H groups in total. The Morgan fingerprint density at radius 2 is 2.15 bits per heavy atom. The molecule has 0 radical (unpaired) electrons. The smallest absolute Gasteiger partial charge is 0.312 e. The fraction of sp³-hybridized carbons (Fsp3) is 0.222. The summed E-state index contributed by atoms with van der Waals surface area (Å²) in [7, 11) is 1.69. The first-order chi connectivity index (χ1) is 12.6. The molecule has 3 heterocycles. The van der Waals surface area contributed by atoms with Gasteiger partial charge in [-0.05, 0) is 34.5 Å². The molecular formula is C18H17N3O3S2. The maximum atomic E-state index is 12.0. The van der Waals surface area contributed by atoms with Gasteiger partial charge >= 0.3 is 5.97 Å². The van der Waals surface area contributed by atoms with Crippen molar-refractivity contribution in [3.8, 4) is 10.6 Å². The summed E-state index contributed by atoms with van der Waals surface area (Å²) in [6, 6.07) is 5.71. The van der Waals surface area contributed by atoms with Gasteiger partial charge in [0, 0.05) is 36.9 Å². The maximum absolute atomic E-state index is 12.0. The fourth-order valence-electron chi connectivity index (χ4n) is 2.21. The van der Waals surface area contributed by atoms with E-state index in [1.54, 1.807) is 35.7 Å². The van der Waals surface area contributed by atoms with E-state index in [9.17, 15) is 9.59 Å². The molecule has 0 atom stereocenters. The van der Waals surface area contributed by atoms with Crippen LogP contribution in [-0.4, -0.2) is 40.4 Å². The Morgan fingerprint density at radius 3 is 2.88 bits per heavy atom. The van der Waals surface area contributed by atoms with E-state index in [4.69, 9.17) is 4.74 Å². The van der Waals surface area contributed by atoms with E-state index >= 15 is 0 Å². The van der Waals surface area contributed by atoms with Gasteiger partial charge in [0.25, 0.3) is 5.91 Å². The number of ether oxygens (including phenoxy) is 1. The highest BCUT2D eigenvalue weighted by Gasteiger charge is 2.14. The van der Waals surface area contributed by atoms with Gasteiger partial charge in [0.05, 0.1) is 12.1 Å². The van der Waals surface area contributed by atoms with Crippen molar-refractivity contribution in [3.63, 3.8) is 0 Å². The quantitative estimate of drug-likeness (QED) is 0.583. The van der Waals surface area contributed by atoms with Crippen LogP contribution in [0.2, 0.25) is 0 Å². The molecule has 0 aliphatic heterocycles. The average Bonchev–Trinajstić information content (AvgIpc) is 3.32. The molecule has 3 aromatic heterocycles. The van der Waals surface area contributed by atoms with Gasteiger partial charge in [0.2, 0.25) is 0 Å². The van der Waals surface area contributed by atoms with Crippen LogP contribution in [-0.2, 0) is 27.3 Å². The number of thiophene rings is 1. The van der Waals surface area contributed by atoms with Crippen LogP contribution in [0.3, 0.4) is 0 Å². The van der Waals surface area contributed by atoms with Crippen molar-refractivity contribution in [3.05, 3.63) is 58.0 Å². The molecule has 0 saturated heterocycles. The van der Waals surface area contributed by atoms with Gasteiger partial charge in [0.1, 0.15) is 5.01 Å². The van der Waals surface area contributed by atoms with Crippen LogP contribution < -0.4 is 0 Å². The first-order valence-electron chi connectivity index (χ1n) is 7.87. The molecule has 8 heteroatoms. The number of carbonyl (C=O) groups is 2. The van der Waals surface area contributed by atoms with Crippen molar-refractivity contribution in [2.75, 3.05) is 13.7 Å². The summed E-state index contributed by atoms with van der Waals surface area (Å²) in [5.74, 6) is -0.704. The Hall–Kier alpha value is -2.58. The second-order valence-electron chi connectivity index (χ2n) is 5.60. The lowest BCUT2D eigenvalue weighted by Crippen LogP contribution is -2.30. The molecule has 0 spiro atoms. The lowest BCUT2D eigenvalue weighted by molar-refractivity contribution is -0.151. The number of esters is 1. The normalized spacial score (nSPS) is 10.5. The van der Waals surface area contributed by atoms with Crippen LogP contribution in [0.15, 0.2) is 46.7 Å². The van der Waals surface area contributed by atoms with Crippen LogP contribution in [0.25, 0.3) is 10.6 Å². The molecule has 1 amide bonds. The Kier molecular flexibility index (Phi) is 6.08. The predicted octanol–water partition coefficient (Wildman–Crippen LogP) is 3.01. The van der Waals surface area contributed by atoms with Crippen molar-refractivity contribution in [2.24, 2.45) is 0 Å². The Labute approximate surface area is 159 Å². The third-order valence-electron chi connectivity index (χ3n) is 3.57. The zero-order valence-electron chi connectivity index (χ0n) is 14.1. The third-order valence-corrected chi connectivity index (χ3v) is 5.24. The van der Waals surface area contributed by atoms with E-state index in [1.807, 2.05) is 34.3 Å². The molecule has 0 bridgehead atoms. The molecule has 0 aliphatic rings. The Bertz CT molecular complexity index is 863. The molecule has 0 saturated carbocycles. The maximum Gasteiger partial charge on any atom is 0.312 e. The number of hydrogen-bond acceptors (Lipinski definition) is 7. The van der Waals surface area contributed by atoms with Crippen LogP contribution >= 0.6 is 22.7 Å². The number of rotatable bonds is 7. The highest BCUT2D eigenvalue weighted by molar-refractivity contribution is 7.13. The predicted molar refractivity (Wildman–Crippen MR) is 101 cm³/mol. The van der Waals surface area contributed by atoms with Gasteiger partial charge in [-0.3, -0.25) is 14.6 Å². The number of thiazole rings is 1. The number of pyridine rings is 1. The van der Waals surface area contributed by atoms with Crippen LogP contribution in [0.4, 0.5) is 0 Å². The molecule has 0 aromatic carbocycles. The van der Waals surface area contributed by atoms with E-state index in [0.29, 0.717) is 12.2 Å². The molecule has 0 aliphatic carbocycles. The third kappa shape index (κ3) is 4.96. The minimum Gasteiger partial charge on any atom is -0.455 e. The fourth-order valence-corrected chi connectivity index (χ4v) is 3.68. The van der Waals surface area contributed by atoms with Crippen molar-refractivity contribution in [1.82, 2.24) is 14.9 Å². The minimum absolute atomic E-state index is 0.0400. The molecule has 0 unspecified atom stereocenters. The summed E-state index contributed by atoms with van der Waals surface area (Å²) in [6.07, 6.45) is 3.46. The standard InChI is InChI=1S/C18H17N3O3S2/c1-21(9-13-4-6-25-11-13)16(22)10-24-17(23)7-15-12-26-18(20-15)14-3-2-5-19-8-14/h2-6,8,11-12H,7,9-10H2,1H3. The zero-order valence-corrected chi connectivity index (χ0v) is 15.8. The number of nitrogens with zero attached hydrogens (tertiary/aromatic N) is 3. The lowest BCUT2D eigenvalue weighted by Gasteiger charge is -2.16. The van der Waals surface area contributed by atoms with Gasteiger partial charge in [-0.25, -0.2) is 4.98 Å². The second kappa shape index (κ2) is 8.68. The molecule has 3 aromatic rings. The molecular weight excluding hydrogens is 370 g/mol. The van der Waals surface area contributed by atoms with E-state index < -0.39 is 5.97 Å². The molecule has 0 fully saturated rings. The van der Waals surface area contributed by atoms with Crippen LogP contribution in [0.1, 0.15) is 11.3 Å². The van der Waals surface area contributed by atoms with Crippen molar-refractivity contribution in [1.29, 1.82) is 0 Å². The van der Waals surface area contributed by atoms with Gasteiger partial charge in [0.15, 0.2) is 6.61 Å². The largest absolute Gasteiger partial charge is 0.455 e. The van der Waals surface area contributed by atoms with Gasteiger partial charge in [-0.1, -0.05) is 0 Å². The van der Waals surface area contributed by atoms with Crippen LogP contribution in [0, 0.1) is 0 Å². The highest BCUT2D eigenvalue weighted by Crippen LogP contribution is 2.22. The summed E-state index contributed by atoms with van der Waals surface area (Å²) in [5, 5.41) is 6.56. The van der Waals surface area contributed by atoms with E-state index in [1.165, 1.54) is 11.3 Å². The SMILES string of the molecule is CN(Cc1ccsc1)C(=O)COC(=O)Cc1csc(-c2cccnc2)n1. The first-order valence-corrected chi connectivity index (χ1v) is 9.69. The zero-order chi connectivity index (χ0) is 18.4. The second-order valence-corrected chi connectivity index (χ2v) is 7.24. The summed E-state index contributed by atoms with van der Waals surface area (Å²) < 4.78 is 5.09. The number of hydrogen-bond donors (Lipinski definition) is 0. The number of likely N-dealkylation sites (N-methyl/N-ethyl adjacent to an activating group) is 1. The number of amides is 1. The average molecular weight is 387 g/mol. The van der Waals surface area contributed by atoms with Gasteiger partial charge < -0.3 is 9.64 Å². The van der Waals surface area contributed by atoms with E-state index in [-0.39, 0.29) is 18.9 Å². The van der Waals surface area contributed by atoms with E-state index in [2.05, 4.69) is 9.97 Å². The summed E-state index contributed by atoms with van der Waals surface area (Å²) in [6.45, 7) is 0.236. The summed E-state index contributed by atoms with van der Waals surface area (Å²) in [5.41, 5.74) is 2.59. The number of carbonyl (C=O) groups excluding carboxylic acids is 2. The minimum atomic E-state index is -0.467. The van der Waals surface area contributed by atoms with E-state index in [0.717, 1.165) is 16.1 Å². The molecule has 6 nitrogen and oxygen atoms in total. The lowest BCUT2D eigenvalue weighted by atomic mass is 10.3. The Balaban J connectivity index is 1.47. The van der Waals surface area contributed by atoms with Crippen molar-refractivity contribution < 1.29 is 14.3 Å². The van der Waals surface area contributed by atoms with Crippen molar-refractivity contribution in [2.45, 2.75) is 13.0 Å². The number of aromatic nitrogens is 2. The molecule has 3 rings (SSSR count). The molecule has 134 valence electrons. The van der Waals surface area contributed by atoms with Gasteiger partial charge in [-0.15, -0.1) is 11.3 Å². The highest BCUT2D eigenvalue weighted by atomic mass is 32.1. The monoisotopic (exact) mass is 387 g/mol. The first kappa shape index (κ1) is 18.2. The topological polar surface area (TPSA) is 72.4 Å². The Morgan fingerprint density at radius 1 is 1.27 bits per heavy atom. The molecule has 26 heavy (non-hydrogen) atoms. The van der Waals surface area contributed by atoms with Crippen molar-refractivity contribution >= 4 is 34.6 Å². The van der Waals surface area contributed by atoms with Crippen LogP contribution in [0.5, 0.6) is 0 Å². The van der Waals surface area contributed by atoms with Gasteiger partial charge in [-0.2, -0.15) is 11.3 Å². The summed E-state index contributed by atoms with van der Waals surface area (Å²) in [4.78, 5) is 34.0. The summed E-state index contributed by atoms with van der Waals surface area (Å²) >= 11 is 3.02.